The molecule has 0 N–H and O–H groups in total. The topological polar surface area (TPSA) is 38.7 Å². The van der Waals surface area contributed by atoms with Gasteiger partial charge in [-0.15, -0.1) is 5.10 Å². The van der Waals surface area contributed by atoms with Crippen LogP contribution in [-0.2, 0) is 0 Å². The van der Waals surface area contributed by atoms with Crippen molar-refractivity contribution in [2.24, 2.45) is 0 Å². The fourth-order valence-electron chi connectivity index (χ4n) is 2.32. The van der Waals surface area contributed by atoms with Gasteiger partial charge in [-0.3, -0.25) is 4.98 Å². The molecule has 2 heterocycles. The molecule has 0 unspecified atom stereocenters. The van der Waals surface area contributed by atoms with Gasteiger partial charge in [0.2, 0.25) is 0 Å². The van der Waals surface area contributed by atoms with E-state index < -0.39 is 0 Å². The van der Waals surface area contributed by atoms with Gasteiger partial charge in [0.15, 0.2) is 5.15 Å². The van der Waals surface area contributed by atoms with Crippen LogP contribution in [0.2, 0.25) is 10.2 Å². The molecule has 1 aromatic carbocycles. The molecule has 22 heavy (non-hydrogen) atoms. The van der Waals surface area contributed by atoms with Crippen LogP contribution in [0.25, 0.3) is 22.4 Å². The lowest BCUT2D eigenvalue weighted by Crippen LogP contribution is -1.98. The fourth-order valence-corrected chi connectivity index (χ4v) is 2.68. The molecule has 3 rings (SSSR count). The molecule has 0 amide bonds. The van der Waals surface area contributed by atoms with Crippen LogP contribution in [0.1, 0.15) is 11.3 Å². The largest absolute Gasteiger partial charge is 0.256 e. The highest BCUT2D eigenvalue weighted by Gasteiger charge is 2.17. The monoisotopic (exact) mass is 329 g/mol. The third-order valence-corrected chi connectivity index (χ3v) is 3.92. The van der Waals surface area contributed by atoms with Crippen molar-refractivity contribution in [2.45, 2.75) is 13.8 Å². The maximum Gasteiger partial charge on any atom is 0.161 e. The molecule has 0 atom stereocenters. The van der Waals surface area contributed by atoms with Crippen molar-refractivity contribution in [3.8, 4) is 22.4 Å². The summed E-state index contributed by atoms with van der Waals surface area (Å²) in [7, 11) is 0. The van der Waals surface area contributed by atoms with Crippen LogP contribution in [0.3, 0.4) is 0 Å². The number of benzene rings is 1. The lowest BCUT2D eigenvalue weighted by atomic mass is 9.97. The minimum Gasteiger partial charge on any atom is -0.256 e. The molecule has 0 aliphatic heterocycles. The number of hydrogen-bond acceptors (Lipinski definition) is 3. The van der Waals surface area contributed by atoms with E-state index in [4.69, 9.17) is 23.2 Å². The van der Waals surface area contributed by atoms with Crippen LogP contribution in [-0.4, -0.2) is 15.2 Å². The van der Waals surface area contributed by atoms with Crippen molar-refractivity contribution in [1.29, 1.82) is 0 Å². The van der Waals surface area contributed by atoms with Gasteiger partial charge in [-0.2, -0.15) is 5.10 Å². The highest BCUT2D eigenvalue weighted by Crippen LogP contribution is 2.37. The maximum absolute atomic E-state index is 6.32. The van der Waals surface area contributed by atoms with Gasteiger partial charge in [-0.1, -0.05) is 41.4 Å². The van der Waals surface area contributed by atoms with E-state index in [1.54, 1.807) is 0 Å². The van der Waals surface area contributed by atoms with Crippen LogP contribution >= 0.6 is 23.2 Å². The third-order valence-electron chi connectivity index (χ3n) is 3.41. The average molecular weight is 330 g/mol. The second-order valence-corrected chi connectivity index (χ2v) is 5.85. The molecule has 0 spiro atoms. The van der Waals surface area contributed by atoms with E-state index in [0.29, 0.717) is 10.2 Å². The first kappa shape index (κ1) is 14.9. The van der Waals surface area contributed by atoms with Crippen molar-refractivity contribution in [3.05, 3.63) is 64.0 Å². The Bertz CT molecular complexity index is 742. The summed E-state index contributed by atoms with van der Waals surface area (Å²) in [5.74, 6) is 0. The molecule has 0 aliphatic carbocycles. The Labute approximate surface area is 139 Å². The Kier molecular flexibility index (Phi) is 4.10. The van der Waals surface area contributed by atoms with Crippen molar-refractivity contribution >= 4 is 23.2 Å². The lowest BCUT2D eigenvalue weighted by molar-refractivity contribution is 0.984. The summed E-state index contributed by atoms with van der Waals surface area (Å²) in [6.07, 6.45) is 1.81. The van der Waals surface area contributed by atoms with Crippen molar-refractivity contribution in [3.63, 3.8) is 0 Å². The summed E-state index contributed by atoms with van der Waals surface area (Å²) >= 11 is 12.3. The molecule has 0 aliphatic rings. The minimum atomic E-state index is 0.340. The van der Waals surface area contributed by atoms with Crippen LogP contribution in [0, 0.1) is 13.8 Å². The zero-order valence-corrected chi connectivity index (χ0v) is 13.7. The number of rotatable bonds is 2. The Hall–Kier alpha value is -1.97. The Morgan fingerprint density at radius 3 is 2.18 bits per heavy atom. The molecule has 0 bridgehead atoms. The second-order valence-electron chi connectivity index (χ2n) is 5.05. The summed E-state index contributed by atoms with van der Waals surface area (Å²) in [4.78, 5) is 4.48. The molecule has 0 saturated heterocycles. The summed E-state index contributed by atoms with van der Waals surface area (Å²) in [5.41, 5.74) is 5.36. The highest BCUT2D eigenvalue weighted by molar-refractivity contribution is 6.32. The predicted molar refractivity (Wildman–Crippen MR) is 90.2 cm³/mol. The summed E-state index contributed by atoms with van der Waals surface area (Å²) in [6.45, 7) is 3.90. The molecular weight excluding hydrogens is 317 g/mol. The van der Waals surface area contributed by atoms with Crippen molar-refractivity contribution in [1.82, 2.24) is 15.2 Å². The SMILES string of the molecule is Cc1ccc(-c2c(Cl)nnc(C)c2-c2ccc(Cl)cc2)nc1. The van der Waals surface area contributed by atoms with Crippen LogP contribution in [0.4, 0.5) is 0 Å². The molecule has 3 aromatic rings. The number of halogens is 2. The molecule has 0 saturated carbocycles. The molecule has 0 fully saturated rings. The zero-order valence-electron chi connectivity index (χ0n) is 12.1. The molecule has 5 heteroatoms. The molecule has 3 nitrogen and oxygen atoms in total. The smallest absolute Gasteiger partial charge is 0.161 e. The normalized spacial score (nSPS) is 10.7. The number of aromatic nitrogens is 3. The van der Waals surface area contributed by atoms with Gasteiger partial charge in [-0.25, -0.2) is 0 Å². The first-order valence-electron chi connectivity index (χ1n) is 6.78. The quantitative estimate of drug-likeness (QED) is 0.654. The Balaban J connectivity index is 2.27. The van der Waals surface area contributed by atoms with Gasteiger partial charge in [0.25, 0.3) is 0 Å². The van der Waals surface area contributed by atoms with Crippen LogP contribution in [0.5, 0.6) is 0 Å². The van der Waals surface area contributed by atoms with Crippen LogP contribution in [0.15, 0.2) is 42.6 Å². The van der Waals surface area contributed by atoms with Gasteiger partial charge >= 0.3 is 0 Å². The lowest BCUT2D eigenvalue weighted by Gasteiger charge is -2.13. The number of hydrogen-bond donors (Lipinski definition) is 0. The number of pyridine rings is 1. The van der Waals surface area contributed by atoms with E-state index in [2.05, 4.69) is 15.2 Å². The zero-order chi connectivity index (χ0) is 15.7. The van der Waals surface area contributed by atoms with Crippen molar-refractivity contribution in [2.75, 3.05) is 0 Å². The Morgan fingerprint density at radius 1 is 0.818 bits per heavy atom. The fraction of sp³-hybridized carbons (Fsp3) is 0.118. The highest BCUT2D eigenvalue weighted by atomic mass is 35.5. The van der Waals surface area contributed by atoms with Gasteiger partial charge in [0, 0.05) is 22.3 Å². The van der Waals surface area contributed by atoms with E-state index in [-0.39, 0.29) is 0 Å². The second kappa shape index (κ2) is 6.03. The number of aryl methyl sites for hydroxylation is 2. The molecule has 110 valence electrons. The van der Waals surface area contributed by atoms with Gasteiger partial charge < -0.3 is 0 Å². The summed E-state index contributed by atoms with van der Waals surface area (Å²) in [6, 6.07) is 11.5. The van der Waals surface area contributed by atoms with Gasteiger partial charge in [0.05, 0.1) is 11.4 Å². The molecular formula is C17H13Cl2N3. The number of nitrogens with zero attached hydrogens (tertiary/aromatic N) is 3. The predicted octanol–water partition coefficient (Wildman–Crippen LogP) is 5.13. The van der Waals surface area contributed by atoms with E-state index in [1.807, 2.05) is 56.4 Å². The Morgan fingerprint density at radius 2 is 1.55 bits per heavy atom. The van der Waals surface area contributed by atoms with Crippen LogP contribution < -0.4 is 0 Å². The van der Waals surface area contributed by atoms with E-state index in [1.165, 1.54) is 0 Å². The van der Waals surface area contributed by atoms with E-state index in [0.717, 1.165) is 33.6 Å². The maximum atomic E-state index is 6.32. The third kappa shape index (κ3) is 2.82. The standard InChI is InChI=1S/C17H13Cl2N3/c1-10-3-8-14(20-9-10)16-15(11(2)21-22-17(16)19)12-4-6-13(18)7-5-12/h3-9H,1-2H3. The summed E-state index contributed by atoms with van der Waals surface area (Å²) < 4.78 is 0. The van der Waals surface area contributed by atoms with E-state index >= 15 is 0 Å². The minimum absolute atomic E-state index is 0.340. The van der Waals surface area contributed by atoms with Crippen molar-refractivity contribution < 1.29 is 0 Å². The van der Waals surface area contributed by atoms with Gasteiger partial charge in [0.1, 0.15) is 0 Å². The van der Waals surface area contributed by atoms with E-state index in [9.17, 15) is 0 Å². The molecule has 0 radical (unpaired) electrons. The average Bonchev–Trinajstić information content (AvgIpc) is 2.51. The molecule has 2 aromatic heterocycles. The first-order valence-corrected chi connectivity index (χ1v) is 7.53. The first-order chi connectivity index (χ1) is 10.6. The van der Waals surface area contributed by atoms with Gasteiger partial charge in [-0.05, 0) is 43.2 Å². The summed E-state index contributed by atoms with van der Waals surface area (Å²) in [5, 5.41) is 9.19.